The second-order valence-corrected chi connectivity index (χ2v) is 8.62. The lowest BCUT2D eigenvalue weighted by molar-refractivity contribution is -0.164. The van der Waals surface area contributed by atoms with E-state index in [1.54, 1.807) is 12.3 Å². The Labute approximate surface area is 173 Å². The molecule has 7 heteroatoms. The van der Waals surface area contributed by atoms with Crippen molar-refractivity contribution in [2.45, 2.75) is 44.6 Å². The molecule has 3 aliphatic carbocycles. The summed E-state index contributed by atoms with van der Waals surface area (Å²) in [5, 5.41) is 3.01. The van der Waals surface area contributed by atoms with Crippen LogP contribution in [0.3, 0.4) is 0 Å². The third-order valence-corrected chi connectivity index (χ3v) is 6.15. The predicted octanol–water partition coefficient (Wildman–Crippen LogP) is 4.13. The van der Waals surface area contributed by atoms with Crippen molar-refractivity contribution in [2.75, 3.05) is 6.61 Å². The number of carbonyl (C=O) groups is 2. The number of aryl methyl sites for hydroxylation is 1. The van der Waals surface area contributed by atoms with Gasteiger partial charge in [-0.1, -0.05) is 18.5 Å². The lowest BCUT2D eigenvalue weighted by Gasteiger charge is -2.70. The van der Waals surface area contributed by atoms with E-state index in [0.29, 0.717) is 12.0 Å². The first-order valence-electron chi connectivity index (χ1n) is 9.69. The normalized spacial score (nSPS) is 24.2. The van der Waals surface area contributed by atoms with Crippen LogP contribution >= 0.6 is 11.6 Å². The minimum absolute atomic E-state index is 0.000175. The first-order valence-corrected chi connectivity index (χ1v) is 10.1. The fraction of sp³-hybridized carbons (Fsp3) is 0.409. The number of nitrogens with zero attached hydrogens (tertiary/aromatic N) is 1. The molecule has 0 saturated heterocycles. The molecule has 2 bridgehead atoms. The van der Waals surface area contributed by atoms with Crippen LogP contribution in [0.4, 0.5) is 4.39 Å². The number of amides is 1. The number of hydrogen-bond acceptors (Lipinski definition) is 4. The number of nitrogens with one attached hydrogen (secondary N) is 1. The molecule has 1 aromatic heterocycles. The van der Waals surface area contributed by atoms with E-state index in [1.807, 2.05) is 13.0 Å². The Hall–Kier alpha value is -2.47. The van der Waals surface area contributed by atoms with E-state index in [-0.39, 0.29) is 40.0 Å². The Morgan fingerprint density at radius 1 is 1.24 bits per heavy atom. The molecule has 5 rings (SSSR count). The van der Waals surface area contributed by atoms with Crippen LogP contribution in [0.2, 0.25) is 5.02 Å². The van der Waals surface area contributed by atoms with Crippen molar-refractivity contribution >= 4 is 23.3 Å². The number of benzene rings is 1. The average molecular weight is 417 g/mol. The fourth-order valence-electron chi connectivity index (χ4n) is 4.65. The molecule has 0 aliphatic heterocycles. The van der Waals surface area contributed by atoms with Crippen LogP contribution in [0.25, 0.3) is 0 Å². The van der Waals surface area contributed by atoms with Crippen molar-refractivity contribution in [1.29, 1.82) is 0 Å². The van der Waals surface area contributed by atoms with Gasteiger partial charge in [-0.3, -0.25) is 14.6 Å². The SMILES string of the molecule is CCc1cc(C(=O)CC23CC(NC(=O)COc4ccc(Cl)c(F)c4)(C2)C3)ccn1. The molecule has 1 heterocycles. The summed E-state index contributed by atoms with van der Waals surface area (Å²) in [6.45, 7) is 1.82. The summed E-state index contributed by atoms with van der Waals surface area (Å²) in [5.74, 6) is -0.446. The molecule has 0 unspecified atom stereocenters. The summed E-state index contributed by atoms with van der Waals surface area (Å²) >= 11 is 5.63. The zero-order valence-corrected chi connectivity index (χ0v) is 16.9. The van der Waals surface area contributed by atoms with E-state index in [9.17, 15) is 14.0 Å². The van der Waals surface area contributed by atoms with Gasteiger partial charge in [0.2, 0.25) is 0 Å². The largest absolute Gasteiger partial charge is 0.484 e. The topological polar surface area (TPSA) is 68.3 Å². The van der Waals surface area contributed by atoms with E-state index in [1.165, 1.54) is 12.1 Å². The lowest BCUT2D eigenvalue weighted by atomic mass is 9.38. The molecule has 29 heavy (non-hydrogen) atoms. The number of halogens is 2. The summed E-state index contributed by atoms with van der Waals surface area (Å²) in [6.07, 6.45) is 5.39. The van der Waals surface area contributed by atoms with Gasteiger partial charge in [-0.15, -0.1) is 0 Å². The minimum atomic E-state index is -0.587. The van der Waals surface area contributed by atoms with Crippen molar-refractivity contribution in [1.82, 2.24) is 10.3 Å². The lowest BCUT2D eigenvalue weighted by Crippen LogP contribution is -2.75. The number of pyridine rings is 1. The van der Waals surface area contributed by atoms with Gasteiger partial charge in [0.1, 0.15) is 11.6 Å². The highest BCUT2D eigenvalue weighted by molar-refractivity contribution is 6.30. The zero-order valence-electron chi connectivity index (χ0n) is 16.1. The van der Waals surface area contributed by atoms with Crippen LogP contribution in [-0.4, -0.2) is 28.8 Å². The third-order valence-electron chi connectivity index (χ3n) is 5.84. The molecule has 1 N–H and O–H groups in total. The Balaban J connectivity index is 1.24. The number of Topliss-reactive ketones (excluding diaryl/α,β-unsaturated/α-hetero) is 1. The highest BCUT2D eigenvalue weighted by Gasteiger charge is 2.68. The Morgan fingerprint density at radius 2 is 2.00 bits per heavy atom. The van der Waals surface area contributed by atoms with Crippen LogP contribution in [0, 0.1) is 11.2 Å². The second kappa shape index (κ2) is 7.41. The van der Waals surface area contributed by atoms with Gasteiger partial charge in [0.05, 0.1) is 5.02 Å². The number of hydrogen-bond donors (Lipinski definition) is 1. The van der Waals surface area contributed by atoms with Crippen molar-refractivity contribution in [2.24, 2.45) is 5.41 Å². The highest BCUT2D eigenvalue weighted by Crippen LogP contribution is 2.69. The number of rotatable bonds is 8. The molecule has 2 aromatic rings. The molecule has 3 saturated carbocycles. The van der Waals surface area contributed by atoms with Gasteiger partial charge in [-0.2, -0.15) is 0 Å². The molecule has 152 valence electrons. The van der Waals surface area contributed by atoms with Crippen LogP contribution in [0.1, 0.15) is 48.7 Å². The van der Waals surface area contributed by atoms with Crippen molar-refractivity contribution in [3.05, 3.63) is 58.6 Å². The Morgan fingerprint density at radius 3 is 2.69 bits per heavy atom. The maximum atomic E-state index is 13.4. The van der Waals surface area contributed by atoms with E-state index < -0.39 is 5.82 Å². The van der Waals surface area contributed by atoms with Crippen LogP contribution in [0.15, 0.2) is 36.5 Å². The van der Waals surface area contributed by atoms with Gasteiger partial charge in [-0.25, -0.2) is 4.39 Å². The monoisotopic (exact) mass is 416 g/mol. The summed E-state index contributed by atoms with van der Waals surface area (Å²) in [6, 6.07) is 7.69. The van der Waals surface area contributed by atoms with Gasteiger partial charge in [0.15, 0.2) is 12.4 Å². The van der Waals surface area contributed by atoms with Crippen LogP contribution < -0.4 is 10.1 Å². The van der Waals surface area contributed by atoms with Gasteiger partial charge < -0.3 is 10.1 Å². The smallest absolute Gasteiger partial charge is 0.258 e. The molecule has 1 amide bonds. The first kappa shape index (κ1) is 19.8. The third kappa shape index (κ3) is 3.99. The minimum Gasteiger partial charge on any atom is -0.484 e. The molecular weight excluding hydrogens is 395 g/mol. The second-order valence-electron chi connectivity index (χ2n) is 8.21. The van der Waals surface area contributed by atoms with E-state index in [2.05, 4.69) is 10.3 Å². The number of ketones is 1. The molecule has 0 radical (unpaired) electrons. The predicted molar refractivity (Wildman–Crippen MR) is 107 cm³/mol. The number of aromatic nitrogens is 1. The van der Waals surface area contributed by atoms with Crippen LogP contribution in [-0.2, 0) is 11.2 Å². The van der Waals surface area contributed by atoms with Gasteiger partial charge >= 0.3 is 0 Å². The number of ether oxygens (including phenoxy) is 1. The molecule has 1 aromatic carbocycles. The summed E-state index contributed by atoms with van der Waals surface area (Å²) < 4.78 is 18.7. The Kier molecular flexibility index (Phi) is 5.07. The quantitative estimate of drug-likeness (QED) is 0.657. The maximum absolute atomic E-state index is 13.4. The van der Waals surface area contributed by atoms with E-state index >= 15 is 0 Å². The average Bonchev–Trinajstić information content (AvgIpc) is 2.66. The standard InChI is InChI=1S/C22H22ClFN2O3/c1-2-15-7-14(5-6-25-15)19(27)9-21-11-22(12-21,13-21)26-20(28)10-29-16-3-4-17(23)18(24)8-16/h3-8H,2,9-13H2,1H3,(H,26,28). The van der Waals surface area contributed by atoms with Crippen molar-refractivity contribution in [3.8, 4) is 5.75 Å². The molecule has 3 fully saturated rings. The van der Waals surface area contributed by atoms with Crippen LogP contribution in [0.5, 0.6) is 5.75 Å². The summed E-state index contributed by atoms with van der Waals surface area (Å²) in [5.41, 5.74) is 1.40. The van der Waals surface area contributed by atoms with Crippen molar-refractivity contribution < 1.29 is 18.7 Å². The molecule has 0 spiro atoms. The molecular formula is C22H22ClFN2O3. The molecule has 0 atom stereocenters. The maximum Gasteiger partial charge on any atom is 0.258 e. The molecule has 5 nitrogen and oxygen atoms in total. The van der Waals surface area contributed by atoms with E-state index in [4.69, 9.17) is 16.3 Å². The summed E-state index contributed by atoms with van der Waals surface area (Å²) in [4.78, 5) is 29.0. The first-order chi connectivity index (χ1) is 13.8. The van der Waals surface area contributed by atoms with Crippen molar-refractivity contribution in [3.63, 3.8) is 0 Å². The van der Waals surface area contributed by atoms with Gasteiger partial charge in [0.25, 0.3) is 5.91 Å². The Bertz CT molecular complexity index is 959. The highest BCUT2D eigenvalue weighted by atomic mass is 35.5. The molecule has 3 aliphatic rings. The summed E-state index contributed by atoms with van der Waals surface area (Å²) in [7, 11) is 0. The zero-order chi connectivity index (χ0) is 20.6. The number of carbonyl (C=O) groups excluding carboxylic acids is 2. The van der Waals surface area contributed by atoms with Gasteiger partial charge in [-0.05, 0) is 55.4 Å². The fourth-order valence-corrected chi connectivity index (χ4v) is 4.77. The van der Waals surface area contributed by atoms with E-state index in [0.717, 1.165) is 37.4 Å². The van der Waals surface area contributed by atoms with Gasteiger partial charge in [0, 0.05) is 35.5 Å².